The predicted octanol–water partition coefficient (Wildman–Crippen LogP) is 2.45. The van der Waals surface area contributed by atoms with Crippen molar-refractivity contribution in [3.8, 4) is 0 Å². The van der Waals surface area contributed by atoms with Crippen molar-refractivity contribution in [2.24, 2.45) is 0 Å². The normalized spacial score (nSPS) is 18.7. The van der Waals surface area contributed by atoms with Crippen LogP contribution in [0.2, 0.25) is 0 Å². The van der Waals surface area contributed by atoms with Crippen LogP contribution in [-0.2, 0) is 10.5 Å². The van der Waals surface area contributed by atoms with Crippen LogP contribution >= 0.6 is 11.8 Å². The maximum atomic E-state index is 12.6. The smallest absolute Gasteiger partial charge is 0.290 e. The van der Waals surface area contributed by atoms with E-state index < -0.39 is 0 Å². The van der Waals surface area contributed by atoms with Gasteiger partial charge in [0.05, 0.1) is 25.9 Å². The number of hydrogen-bond donors (Lipinski definition) is 1. The molecule has 1 amide bonds. The van der Waals surface area contributed by atoms with Crippen LogP contribution in [0.4, 0.5) is 0 Å². The third-order valence-electron chi connectivity index (χ3n) is 3.83. The van der Waals surface area contributed by atoms with E-state index in [1.54, 1.807) is 4.90 Å². The van der Waals surface area contributed by atoms with Gasteiger partial charge < -0.3 is 19.2 Å². The standard InChI is InChI=1S/C16H25NO4S/c1-3-4-7-22-11-13-8-15(21-12(13)2)16(19)17-5-6-20-10-14(17)9-18/h8,14,18H,3-7,9-11H2,1-2H3. The SMILES string of the molecule is CCCCSCc1cc(C(=O)N2CCOCC2CO)oc1C. The Kier molecular flexibility index (Phi) is 6.79. The first-order valence-corrected chi connectivity index (χ1v) is 8.99. The van der Waals surface area contributed by atoms with Crippen LogP contribution in [0.15, 0.2) is 10.5 Å². The molecular formula is C16H25NO4S. The number of amides is 1. The fourth-order valence-electron chi connectivity index (χ4n) is 2.41. The molecule has 0 radical (unpaired) electrons. The molecule has 6 heteroatoms. The summed E-state index contributed by atoms with van der Waals surface area (Å²) in [7, 11) is 0. The predicted molar refractivity (Wildman–Crippen MR) is 87.2 cm³/mol. The first kappa shape index (κ1) is 17.4. The second-order valence-corrected chi connectivity index (χ2v) is 6.61. The Bertz CT molecular complexity index is 488. The Hall–Kier alpha value is -0.980. The van der Waals surface area contributed by atoms with Gasteiger partial charge in [0.1, 0.15) is 5.76 Å². The number of rotatable bonds is 7. The molecule has 1 aliphatic rings. The summed E-state index contributed by atoms with van der Waals surface area (Å²) in [6.45, 7) is 5.36. The maximum absolute atomic E-state index is 12.6. The van der Waals surface area contributed by atoms with Gasteiger partial charge in [-0.25, -0.2) is 0 Å². The molecule has 0 saturated carbocycles. The minimum atomic E-state index is -0.283. The molecule has 124 valence electrons. The summed E-state index contributed by atoms with van der Waals surface area (Å²) in [5, 5.41) is 9.38. The van der Waals surface area contributed by atoms with Crippen LogP contribution in [0, 0.1) is 6.92 Å². The van der Waals surface area contributed by atoms with Crippen molar-refractivity contribution in [2.75, 3.05) is 32.1 Å². The Morgan fingerprint density at radius 2 is 2.36 bits per heavy atom. The van der Waals surface area contributed by atoms with Crippen LogP contribution in [0.5, 0.6) is 0 Å². The quantitative estimate of drug-likeness (QED) is 0.780. The second kappa shape index (κ2) is 8.60. The van der Waals surface area contributed by atoms with E-state index in [-0.39, 0.29) is 18.6 Å². The zero-order chi connectivity index (χ0) is 15.9. The Labute approximate surface area is 136 Å². The van der Waals surface area contributed by atoms with Gasteiger partial charge in [-0.1, -0.05) is 13.3 Å². The Balaban J connectivity index is 2.00. The molecule has 0 bridgehead atoms. The number of furan rings is 1. The molecule has 1 saturated heterocycles. The molecule has 22 heavy (non-hydrogen) atoms. The summed E-state index contributed by atoms with van der Waals surface area (Å²) in [6.07, 6.45) is 2.40. The fourth-order valence-corrected chi connectivity index (χ4v) is 3.56. The number of thioether (sulfide) groups is 1. The van der Waals surface area contributed by atoms with Crippen LogP contribution in [-0.4, -0.2) is 54.1 Å². The zero-order valence-corrected chi connectivity index (χ0v) is 14.2. The van der Waals surface area contributed by atoms with Crippen molar-refractivity contribution < 1.29 is 19.1 Å². The molecule has 2 rings (SSSR count). The lowest BCUT2D eigenvalue weighted by atomic mass is 10.2. The third kappa shape index (κ3) is 4.27. The number of hydrogen-bond acceptors (Lipinski definition) is 5. The lowest BCUT2D eigenvalue weighted by Crippen LogP contribution is -2.50. The van der Waals surface area contributed by atoms with Gasteiger partial charge in [0, 0.05) is 17.9 Å². The van der Waals surface area contributed by atoms with Crippen molar-refractivity contribution in [1.29, 1.82) is 0 Å². The number of carbonyl (C=O) groups is 1. The van der Waals surface area contributed by atoms with Gasteiger partial charge in [0.25, 0.3) is 5.91 Å². The lowest BCUT2D eigenvalue weighted by Gasteiger charge is -2.33. The monoisotopic (exact) mass is 327 g/mol. The van der Waals surface area contributed by atoms with E-state index in [4.69, 9.17) is 9.15 Å². The first-order valence-electron chi connectivity index (χ1n) is 7.84. The molecule has 5 nitrogen and oxygen atoms in total. The van der Waals surface area contributed by atoms with Crippen LogP contribution in [0.25, 0.3) is 0 Å². The zero-order valence-electron chi connectivity index (χ0n) is 13.3. The molecule has 1 aromatic rings. The highest BCUT2D eigenvalue weighted by Crippen LogP contribution is 2.23. The summed E-state index contributed by atoms with van der Waals surface area (Å²) in [5.74, 6) is 3.01. The van der Waals surface area contributed by atoms with E-state index in [2.05, 4.69) is 6.92 Å². The van der Waals surface area contributed by atoms with E-state index in [1.165, 1.54) is 12.8 Å². The topological polar surface area (TPSA) is 62.9 Å². The van der Waals surface area contributed by atoms with Gasteiger partial charge in [-0.15, -0.1) is 0 Å². The highest BCUT2D eigenvalue weighted by Gasteiger charge is 2.29. The van der Waals surface area contributed by atoms with Gasteiger partial charge in [-0.3, -0.25) is 4.79 Å². The summed E-state index contributed by atoms with van der Waals surface area (Å²) < 4.78 is 11.0. The van der Waals surface area contributed by atoms with E-state index in [1.807, 2.05) is 24.8 Å². The second-order valence-electron chi connectivity index (χ2n) is 5.51. The average Bonchev–Trinajstić information content (AvgIpc) is 2.92. The fraction of sp³-hybridized carbons (Fsp3) is 0.688. The van der Waals surface area contributed by atoms with Gasteiger partial charge in [-0.05, 0) is 25.2 Å². The van der Waals surface area contributed by atoms with Gasteiger partial charge in [-0.2, -0.15) is 11.8 Å². The van der Waals surface area contributed by atoms with E-state index in [9.17, 15) is 9.90 Å². The van der Waals surface area contributed by atoms with Crippen molar-refractivity contribution in [3.05, 3.63) is 23.2 Å². The van der Waals surface area contributed by atoms with Gasteiger partial charge in [0.15, 0.2) is 5.76 Å². The highest BCUT2D eigenvalue weighted by molar-refractivity contribution is 7.98. The van der Waals surface area contributed by atoms with E-state index in [0.29, 0.717) is 25.5 Å². The molecule has 1 N–H and O–H groups in total. The summed E-state index contributed by atoms with van der Waals surface area (Å²) in [5.41, 5.74) is 1.08. The van der Waals surface area contributed by atoms with Gasteiger partial charge >= 0.3 is 0 Å². The number of unbranched alkanes of at least 4 members (excludes halogenated alkanes) is 1. The molecule has 0 aliphatic carbocycles. The van der Waals surface area contributed by atoms with Gasteiger partial charge in [0.2, 0.25) is 0 Å². The first-order chi connectivity index (χ1) is 10.7. The third-order valence-corrected chi connectivity index (χ3v) is 4.92. The van der Waals surface area contributed by atoms with Crippen molar-refractivity contribution in [3.63, 3.8) is 0 Å². The summed E-state index contributed by atoms with van der Waals surface area (Å²) in [4.78, 5) is 14.2. The molecule has 1 atom stereocenters. The Morgan fingerprint density at radius 1 is 1.55 bits per heavy atom. The molecule has 2 heterocycles. The number of morpholine rings is 1. The number of aliphatic hydroxyl groups excluding tert-OH is 1. The highest BCUT2D eigenvalue weighted by atomic mass is 32.2. The molecular weight excluding hydrogens is 302 g/mol. The molecule has 0 spiro atoms. The average molecular weight is 327 g/mol. The van der Waals surface area contributed by atoms with Crippen molar-refractivity contribution in [1.82, 2.24) is 4.90 Å². The number of ether oxygens (including phenoxy) is 1. The van der Waals surface area contributed by atoms with Crippen LogP contribution in [0.3, 0.4) is 0 Å². The van der Waals surface area contributed by atoms with E-state index >= 15 is 0 Å². The number of aryl methyl sites for hydroxylation is 1. The summed E-state index contributed by atoms with van der Waals surface area (Å²) in [6, 6.07) is 1.56. The lowest BCUT2D eigenvalue weighted by molar-refractivity contribution is -0.0197. The largest absolute Gasteiger partial charge is 0.456 e. The van der Waals surface area contributed by atoms with E-state index in [0.717, 1.165) is 22.8 Å². The molecule has 1 aliphatic heterocycles. The number of nitrogens with zero attached hydrogens (tertiary/aromatic N) is 1. The minimum absolute atomic E-state index is 0.0921. The molecule has 1 aromatic heterocycles. The molecule has 0 aromatic carbocycles. The van der Waals surface area contributed by atoms with Crippen molar-refractivity contribution >= 4 is 17.7 Å². The number of carbonyl (C=O) groups excluding carboxylic acids is 1. The maximum Gasteiger partial charge on any atom is 0.290 e. The molecule has 1 fully saturated rings. The summed E-state index contributed by atoms with van der Waals surface area (Å²) >= 11 is 1.87. The Morgan fingerprint density at radius 3 is 3.09 bits per heavy atom. The molecule has 1 unspecified atom stereocenters. The van der Waals surface area contributed by atoms with Crippen LogP contribution in [0.1, 0.15) is 41.6 Å². The minimum Gasteiger partial charge on any atom is -0.456 e. The van der Waals surface area contributed by atoms with Crippen molar-refractivity contribution in [2.45, 2.75) is 38.5 Å². The van der Waals surface area contributed by atoms with Crippen LogP contribution < -0.4 is 0 Å². The number of aliphatic hydroxyl groups is 1.